The van der Waals surface area contributed by atoms with Gasteiger partial charge in [0.05, 0.1) is 25.5 Å². The highest BCUT2D eigenvalue weighted by atomic mass is 16.5. The van der Waals surface area contributed by atoms with Gasteiger partial charge in [-0.05, 0) is 54.8 Å². The van der Waals surface area contributed by atoms with Crippen LogP contribution >= 0.6 is 0 Å². The summed E-state index contributed by atoms with van der Waals surface area (Å²) in [6.45, 7) is 4.83. The smallest absolute Gasteiger partial charge is 0.307 e. The van der Waals surface area contributed by atoms with Crippen molar-refractivity contribution in [2.75, 3.05) is 12.4 Å². The Morgan fingerprint density at radius 3 is 2.63 bits per heavy atom. The fraction of sp³-hybridized carbons (Fsp3) is 0.250. The average molecular weight is 475 g/mol. The minimum Gasteiger partial charge on any atom is -0.497 e. The molecule has 3 aromatic carbocycles. The number of ether oxygens (including phenoxy) is 2. The van der Waals surface area contributed by atoms with E-state index in [-0.39, 0.29) is 19.1 Å². The normalized spacial score (nSPS) is 11.1. The highest BCUT2D eigenvalue weighted by molar-refractivity contribution is 5.96. The zero-order valence-corrected chi connectivity index (χ0v) is 20.1. The number of rotatable bonds is 10. The monoisotopic (exact) mass is 474 g/mol. The second kappa shape index (κ2) is 10.5. The van der Waals surface area contributed by atoms with Gasteiger partial charge in [0.2, 0.25) is 0 Å². The zero-order valence-electron chi connectivity index (χ0n) is 20.1. The van der Waals surface area contributed by atoms with Crippen LogP contribution in [0.5, 0.6) is 11.5 Å². The second-order valence-electron chi connectivity index (χ2n) is 8.70. The molecular formula is C28H30N2O5. The van der Waals surface area contributed by atoms with Crippen LogP contribution in [0.1, 0.15) is 30.5 Å². The molecule has 0 spiro atoms. The van der Waals surface area contributed by atoms with Crippen molar-refractivity contribution < 1.29 is 23.8 Å². The molecule has 4 aromatic rings. The molecule has 35 heavy (non-hydrogen) atoms. The van der Waals surface area contributed by atoms with E-state index in [9.17, 15) is 9.90 Å². The van der Waals surface area contributed by atoms with Gasteiger partial charge in [0, 0.05) is 35.2 Å². The summed E-state index contributed by atoms with van der Waals surface area (Å²) in [5.41, 5.74) is 12.1. The van der Waals surface area contributed by atoms with Gasteiger partial charge in [0.15, 0.2) is 5.58 Å². The first-order valence-electron chi connectivity index (χ1n) is 11.5. The maximum absolute atomic E-state index is 11.3. The minimum absolute atomic E-state index is 0.143. The van der Waals surface area contributed by atoms with Crippen molar-refractivity contribution in [1.29, 1.82) is 0 Å². The number of anilines is 1. The summed E-state index contributed by atoms with van der Waals surface area (Å²) in [7, 11) is 1.56. The molecule has 0 bridgehead atoms. The predicted molar refractivity (Wildman–Crippen MR) is 137 cm³/mol. The molecule has 1 aromatic heterocycles. The second-order valence-corrected chi connectivity index (χ2v) is 8.70. The van der Waals surface area contributed by atoms with E-state index in [0.29, 0.717) is 23.6 Å². The van der Waals surface area contributed by atoms with Gasteiger partial charge in [-0.3, -0.25) is 4.79 Å². The number of carboxylic acid groups (broad SMARTS) is 1. The van der Waals surface area contributed by atoms with E-state index in [1.807, 2.05) is 12.1 Å². The minimum atomic E-state index is -0.928. The van der Waals surface area contributed by atoms with Gasteiger partial charge in [-0.1, -0.05) is 24.3 Å². The lowest BCUT2D eigenvalue weighted by molar-refractivity contribution is -0.136. The maximum atomic E-state index is 11.3. The Kier molecular flexibility index (Phi) is 7.27. The molecule has 0 saturated carbocycles. The standard InChI is InChI=1S/C28H30N2O5/c1-17(2)30-25-11-21(19-6-4-5-18(9-19)14-29)10-24-22(16-35-28(24)25)15-34-26-13-23(33-3)8-7-20(26)12-27(31)32/h4-11,13,16-17,30H,12,14-15,29H2,1-3H3,(H,31,32). The highest BCUT2D eigenvalue weighted by Crippen LogP contribution is 2.36. The maximum Gasteiger partial charge on any atom is 0.307 e. The van der Waals surface area contributed by atoms with E-state index < -0.39 is 5.97 Å². The number of nitrogens with one attached hydrogen (secondary N) is 1. The summed E-state index contributed by atoms with van der Waals surface area (Å²) in [6.07, 6.45) is 1.54. The molecule has 0 unspecified atom stereocenters. The molecule has 0 fully saturated rings. The molecule has 182 valence electrons. The number of aliphatic carboxylic acids is 1. The fourth-order valence-electron chi connectivity index (χ4n) is 4.02. The Labute approximate surface area is 204 Å². The lowest BCUT2D eigenvalue weighted by atomic mass is 9.99. The van der Waals surface area contributed by atoms with Crippen molar-refractivity contribution >= 4 is 22.6 Å². The largest absolute Gasteiger partial charge is 0.497 e. The van der Waals surface area contributed by atoms with Crippen molar-refractivity contribution in [3.63, 3.8) is 0 Å². The number of nitrogens with two attached hydrogens (primary N) is 1. The number of hydrogen-bond acceptors (Lipinski definition) is 6. The van der Waals surface area contributed by atoms with Crippen LogP contribution in [0, 0.1) is 0 Å². The molecule has 0 aliphatic carbocycles. The van der Waals surface area contributed by atoms with Crippen LogP contribution in [0.25, 0.3) is 22.1 Å². The van der Waals surface area contributed by atoms with E-state index in [2.05, 4.69) is 43.4 Å². The Hall–Kier alpha value is -3.97. The van der Waals surface area contributed by atoms with Gasteiger partial charge < -0.3 is 30.0 Å². The lowest BCUT2D eigenvalue weighted by Gasteiger charge is -2.14. The molecule has 1 heterocycles. The first-order valence-corrected chi connectivity index (χ1v) is 11.5. The van der Waals surface area contributed by atoms with E-state index in [0.717, 1.165) is 38.9 Å². The Bertz CT molecular complexity index is 1340. The number of benzene rings is 3. The van der Waals surface area contributed by atoms with Crippen molar-refractivity contribution in [2.45, 2.75) is 39.5 Å². The third-order valence-electron chi connectivity index (χ3n) is 5.69. The van der Waals surface area contributed by atoms with Crippen LogP contribution in [0.15, 0.2) is 65.3 Å². The number of methoxy groups -OCH3 is 1. The van der Waals surface area contributed by atoms with Gasteiger partial charge in [-0.25, -0.2) is 0 Å². The van der Waals surface area contributed by atoms with Crippen molar-refractivity contribution in [1.82, 2.24) is 0 Å². The molecule has 0 saturated heterocycles. The van der Waals surface area contributed by atoms with Crippen LogP contribution in [-0.4, -0.2) is 24.2 Å². The van der Waals surface area contributed by atoms with E-state index in [1.165, 1.54) is 0 Å². The SMILES string of the molecule is COc1ccc(CC(=O)O)c(OCc2coc3c(NC(C)C)cc(-c4cccc(CN)c4)cc23)c1. The molecule has 0 atom stereocenters. The molecule has 0 aliphatic rings. The highest BCUT2D eigenvalue weighted by Gasteiger charge is 2.16. The van der Waals surface area contributed by atoms with Gasteiger partial charge in [-0.15, -0.1) is 0 Å². The van der Waals surface area contributed by atoms with Crippen molar-refractivity contribution in [3.05, 3.63) is 77.6 Å². The van der Waals surface area contributed by atoms with Gasteiger partial charge >= 0.3 is 5.97 Å². The molecule has 7 nitrogen and oxygen atoms in total. The van der Waals surface area contributed by atoms with Crippen LogP contribution in [0.3, 0.4) is 0 Å². The summed E-state index contributed by atoms with van der Waals surface area (Å²) in [6, 6.07) is 17.7. The predicted octanol–water partition coefficient (Wildman–Crippen LogP) is 5.59. The molecule has 7 heteroatoms. The van der Waals surface area contributed by atoms with Crippen molar-refractivity contribution in [3.8, 4) is 22.6 Å². The summed E-state index contributed by atoms with van der Waals surface area (Å²) in [5.74, 6) is 0.132. The van der Waals surface area contributed by atoms with E-state index in [1.54, 1.807) is 31.6 Å². The zero-order chi connectivity index (χ0) is 24.9. The first kappa shape index (κ1) is 24.2. The fourth-order valence-corrected chi connectivity index (χ4v) is 4.02. The van der Waals surface area contributed by atoms with Gasteiger partial charge in [0.1, 0.15) is 18.1 Å². The molecule has 4 N–H and O–H groups in total. The summed E-state index contributed by atoms with van der Waals surface area (Å²) < 4.78 is 17.4. The summed E-state index contributed by atoms with van der Waals surface area (Å²) >= 11 is 0. The molecule has 0 amide bonds. The van der Waals surface area contributed by atoms with Crippen LogP contribution in [0.4, 0.5) is 5.69 Å². The van der Waals surface area contributed by atoms with Crippen LogP contribution in [0.2, 0.25) is 0 Å². The third-order valence-corrected chi connectivity index (χ3v) is 5.69. The lowest BCUT2D eigenvalue weighted by Crippen LogP contribution is -2.10. The van der Waals surface area contributed by atoms with Gasteiger partial charge in [0.25, 0.3) is 0 Å². The number of furan rings is 1. The van der Waals surface area contributed by atoms with E-state index in [4.69, 9.17) is 19.6 Å². The molecule has 4 rings (SSSR count). The number of fused-ring (bicyclic) bond motifs is 1. The summed E-state index contributed by atoms with van der Waals surface area (Å²) in [5, 5.41) is 13.7. The van der Waals surface area contributed by atoms with Crippen LogP contribution < -0.4 is 20.5 Å². The Morgan fingerprint density at radius 1 is 1.09 bits per heavy atom. The molecule has 0 radical (unpaired) electrons. The number of carboxylic acids is 1. The Balaban J connectivity index is 1.73. The van der Waals surface area contributed by atoms with Crippen LogP contribution in [-0.2, 0) is 24.4 Å². The van der Waals surface area contributed by atoms with Crippen molar-refractivity contribution in [2.24, 2.45) is 5.73 Å². The van der Waals surface area contributed by atoms with Gasteiger partial charge in [-0.2, -0.15) is 0 Å². The number of carbonyl (C=O) groups is 1. The molecular weight excluding hydrogens is 444 g/mol. The first-order chi connectivity index (χ1) is 16.9. The summed E-state index contributed by atoms with van der Waals surface area (Å²) in [4.78, 5) is 11.3. The molecule has 0 aliphatic heterocycles. The number of hydrogen-bond donors (Lipinski definition) is 3. The Morgan fingerprint density at radius 2 is 1.91 bits per heavy atom. The quantitative estimate of drug-likeness (QED) is 0.275. The third kappa shape index (κ3) is 5.58. The average Bonchev–Trinajstić information content (AvgIpc) is 3.26. The van der Waals surface area contributed by atoms with E-state index >= 15 is 0 Å². The topological polar surface area (TPSA) is 107 Å².